The van der Waals surface area contributed by atoms with E-state index in [1.165, 1.54) is 6.33 Å². The monoisotopic (exact) mass is 324 g/mol. The first kappa shape index (κ1) is 17.2. The molecule has 0 unspecified atom stereocenters. The molecule has 2 heterocycles. The Morgan fingerprint density at radius 1 is 1.30 bits per heavy atom. The molecule has 1 aliphatic heterocycles. The summed E-state index contributed by atoms with van der Waals surface area (Å²) in [5, 5.41) is 11.1. The number of aromatic nitrogens is 2. The van der Waals surface area contributed by atoms with E-state index in [9.17, 15) is 14.9 Å². The zero-order valence-electron chi connectivity index (χ0n) is 13.9. The fourth-order valence-electron chi connectivity index (χ4n) is 2.89. The number of rotatable bonds is 6. The van der Waals surface area contributed by atoms with Gasteiger partial charge in [-0.25, -0.2) is 0 Å². The van der Waals surface area contributed by atoms with Gasteiger partial charge in [0, 0.05) is 46.3 Å². The van der Waals surface area contributed by atoms with Crippen molar-refractivity contribution in [1.82, 2.24) is 19.4 Å². The normalized spacial score (nSPS) is 15.7. The van der Waals surface area contributed by atoms with Crippen molar-refractivity contribution in [3.8, 4) is 0 Å². The lowest BCUT2D eigenvalue weighted by Gasteiger charge is -2.35. The molecule has 9 heteroatoms. The average Bonchev–Trinajstić information content (AvgIpc) is 2.91. The van der Waals surface area contributed by atoms with Gasteiger partial charge in [0.15, 0.2) is 0 Å². The third-order valence-corrected chi connectivity index (χ3v) is 4.21. The summed E-state index contributed by atoms with van der Waals surface area (Å²) in [4.78, 5) is 32.5. The van der Waals surface area contributed by atoms with Crippen molar-refractivity contribution in [3.05, 3.63) is 16.4 Å². The predicted octanol–water partition coefficient (Wildman–Crippen LogP) is 0.319. The van der Waals surface area contributed by atoms with Crippen LogP contribution in [-0.4, -0.2) is 76.0 Å². The quantitative estimate of drug-likeness (QED) is 0.553. The zero-order valence-corrected chi connectivity index (χ0v) is 13.9. The van der Waals surface area contributed by atoms with Crippen molar-refractivity contribution in [2.75, 3.05) is 50.7 Å². The van der Waals surface area contributed by atoms with Gasteiger partial charge < -0.3 is 19.9 Å². The summed E-state index contributed by atoms with van der Waals surface area (Å²) >= 11 is 0. The van der Waals surface area contributed by atoms with Gasteiger partial charge in [-0.2, -0.15) is 0 Å². The third-order valence-electron chi connectivity index (χ3n) is 4.21. The van der Waals surface area contributed by atoms with Crippen LogP contribution in [0.15, 0.2) is 6.33 Å². The summed E-state index contributed by atoms with van der Waals surface area (Å²) in [7, 11) is 1.76. The number of imidazole rings is 1. The first-order chi connectivity index (χ1) is 11.0. The van der Waals surface area contributed by atoms with Gasteiger partial charge in [-0.15, -0.1) is 0 Å². The van der Waals surface area contributed by atoms with Crippen molar-refractivity contribution >= 4 is 17.5 Å². The van der Waals surface area contributed by atoms with E-state index in [0.717, 1.165) is 13.1 Å². The molecule has 0 aliphatic carbocycles. The van der Waals surface area contributed by atoms with Crippen LogP contribution in [0.25, 0.3) is 0 Å². The van der Waals surface area contributed by atoms with Crippen LogP contribution >= 0.6 is 0 Å². The molecule has 0 N–H and O–H groups in total. The smallest absolute Gasteiger partial charge is 0.358 e. The highest BCUT2D eigenvalue weighted by molar-refractivity contribution is 5.78. The van der Waals surface area contributed by atoms with E-state index in [1.54, 1.807) is 11.6 Å². The number of nitro groups is 1. The van der Waals surface area contributed by atoms with Gasteiger partial charge in [0.2, 0.25) is 18.1 Å². The number of hydrogen-bond acceptors (Lipinski definition) is 6. The maximum Gasteiger partial charge on any atom is 0.406 e. The number of carbonyl (C=O) groups excluding carboxylic acids is 1. The molecular weight excluding hydrogens is 300 g/mol. The van der Waals surface area contributed by atoms with Gasteiger partial charge >= 0.3 is 5.82 Å². The summed E-state index contributed by atoms with van der Waals surface area (Å²) < 4.78 is 1.68. The van der Waals surface area contributed by atoms with E-state index in [1.807, 2.05) is 23.6 Å². The lowest BCUT2D eigenvalue weighted by Crippen LogP contribution is -2.50. The van der Waals surface area contributed by atoms with E-state index in [2.05, 4.69) is 9.88 Å². The van der Waals surface area contributed by atoms with Crippen LogP contribution < -0.4 is 4.90 Å². The maximum atomic E-state index is 12.1. The van der Waals surface area contributed by atoms with E-state index in [4.69, 9.17) is 0 Å². The Hall–Kier alpha value is -2.16. The number of nitrogens with zero attached hydrogens (tertiary/aromatic N) is 6. The lowest BCUT2D eigenvalue weighted by molar-refractivity contribution is -0.388. The number of hydrogen-bond donors (Lipinski definition) is 0. The lowest BCUT2D eigenvalue weighted by atomic mass is 10.3. The Bertz CT molecular complexity index is 561. The van der Waals surface area contributed by atoms with Gasteiger partial charge in [0.25, 0.3) is 0 Å². The Balaban J connectivity index is 1.95. The molecule has 9 nitrogen and oxygen atoms in total. The largest absolute Gasteiger partial charge is 0.406 e. The molecule has 0 aromatic carbocycles. The maximum absolute atomic E-state index is 12.1. The van der Waals surface area contributed by atoms with Gasteiger partial charge in [0.05, 0.1) is 6.54 Å². The number of likely N-dealkylation sites (N-methyl/N-ethyl adjacent to an activating group) is 1. The number of anilines is 1. The molecule has 2 rings (SSSR count). The van der Waals surface area contributed by atoms with E-state index >= 15 is 0 Å². The minimum absolute atomic E-state index is 0.111. The van der Waals surface area contributed by atoms with Crippen LogP contribution in [0.1, 0.15) is 13.8 Å². The van der Waals surface area contributed by atoms with Crippen molar-refractivity contribution in [1.29, 1.82) is 0 Å². The van der Waals surface area contributed by atoms with Crippen molar-refractivity contribution in [3.63, 3.8) is 0 Å². The summed E-state index contributed by atoms with van der Waals surface area (Å²) in [6, 6.07) is 0. The fraction of sp³-hybridized carbons (Fsp3) is 0.714. The van der Waals surface area contributed by atoms with Crippen LogP contribution in [0, 0.1) is 10.1 Å². The molecule has 128 valence electrons. The number of piperazine rings is 1. The summed E-state index contributed by atoms with van der Waals surface area (Å²) in [5.41, 5.74) is 0. The molecule has 0 spiro atoms. The molecule has 1 aromatic heterocycles. The first-order valence-corrected chi connectivity index (χ1v) is 7.88. The van der Waals surface area contributed by atoms with Crippen LogP contribution in [0.5, 0.6) is 0 Å². The number of carbonyl (C=O) groups is 1. The standard InChI is InChI=1S/C14H24N6O3/c1-4-18(5-2)12(21)10-17-6-8-19(9-7-17)14-13(20(22)23)15-11-16(14)3/h11H,4-10H2,1-3H3. The molecule has 1 aliphatic rings. The van der Waals surface area contributed by atoms with Crippen molar-refractivity contribution in [2.24, 2.45) is 7.05 Å². The molecule has 0 bridgehead atoms. The molecule has 0 saturated carbocycles. The molecular formula is C14H24N6O3. The van der Waals surface area contributed by atoms with Gasteiger partial charge in [-0.3, -0.25) is 14.3 Å². The van der Waals surface area contributed by atoms with E-state index in [0.29, 0.717) is 38.5 Å². The van der Waals surface area contributed by atoms with Crippen LogP contribution in [0.2, 0.25) is 0 Å². The van der Waals surface area contributed by atoms with Crippen LogP contribution in [0.4, 0.5) is 11.6 Å². The highest BCUT2D eigenvalue weighted by Crippen LogP contribution is 2.26. The Kier molecular flexibility index (Phi) is 5.54. The van der Waals surface area contributed by atoms with Crippen molar-refractivity contribution in [2.45, 2.75) is 13.8 Å². The SMILES string of the molecule is CCN(CC)C(=O)CN1CCN(c2c([N+](=O)[O-])ncn2C)CC1. The minimum atomic E-state index is -0.453. The van der Waals surface area contributed by atoms with Crippen LogP contribution in [0.3, 0.4) is 0 Å². The van der Waals surface area contributed by atoms with Crippen LogP contribution in [-0.2, 0) is 11.8 Å². The van der Waals surface area contributed by atoms with Gasteiger partial charge in [0.1, 0.15) is 0 Å². The molecule has 23 heavy (non-hydrogen) atoms. The van der Waals surface area contributed by atoms with Gasteiger partial charge in [-0.05, 0) is 23.8 Å². The molecule has 1 amide bonds. The molecule has 1 saturated heterocycles. The summed E-state index contributed by atoms with van der Waals surface area (Å²) in [6.45, 7) is 8.49. The summed E-state index contributed by atoms with van der Waals surface area (Å²) in [5.74, 6) is 0.555. The number of aryl methyl sites for hydroxylation is 1. The van der Waals surface area contributed by atoms with E-state index < -0.39 is 4.92 Å². The average molecular weight is 324 g/mol. The Morgan fingerprint density at radius 3 is 2.43 bits per heavy atom. The predicted molar refractivity (Wildman–Crippen MR) is 86.4 cm³/mol. The molecule has 1 fully saturated rings. The molecule has 1 aromatic rings. The topological polar surface area (TPSA) is 87.8 Å². The van der Waals surface area contributed by atoms with Crippen molar-refractivity contribution < 1.29 is 9.72 Å². The second-order valence-corrected chi connectivity index (χ2v) is 5.59. The second-order valence-electron chi connectivity index (χ2n) is 5.59. The fourth-order valence-corrected chi connectivity index (χ4v) is 2.89. The Morgan fingerprint density at radius 2 is 1.91 bits per heavy atom. The highest BCUT2D eigenvalue weighted by Gasteiger charge is 2.29. The Labute approximate surface area is 135 Å². The summed E-state index contributed by atoms with van der Waals surface area (Å²) in [6.07, 6.45) is 1.46. The third kappa shape index (κ3) is 3.79. The molecule has 0 radical (unpaired) electrons. The first-order valence-electron chi connectivity index (χ1n) is 7.88. The van der Waals surface area contributed by atoms with Gasteiger partial charge in [-0.1, -0.05) is 0 Å². The molecule has 0 atom stereocenters. The van der Waals surface area contributed by atoms with E-state index in [-0.39, 0.29) is 11.7 Å². The highest BCUT2D eigenvalue weighted by atomic mass is 16.6. The zero-order chi connectivity index (χ0) is 17.0. The minimum Gasteiger partial charge on any atom is -0.358 e. The second kappa shape index (κ2) is 7.40. The number of amides is 1.